The summed E-state index contributed by atoms with van der Waals surface area (Å²) in [5.41, 5.74) is 4.22. The van der Waals surface area contributed by atoms with Crippen LogP contribution in [0.1, 0.15) is 74.4 Å². The molecule has 0 bridgehead atoms. The summed E-state index contributed by atoms with van der Waals surface area (Å²) in [6.45, 7) is 2.99. The number of benzene rings is 3. The van der Waals surface area contributed by atoms with Crippen LogP contribution in [-0.4, -0.2) is 31.5 Å². The number of unbranched alkanes of at least 4 members (excludes halogenated alkanes) is 4. The molecular formula is C31H36N2O4. The normalized spacial score (nSPS) is 17.9. The summed E-state index contributed by atoms with van der Waals surface area (Å²) in [5, 5.41) is 7.17. The Bertz CT molecular complexity index is 1220. The van der Waals surface area contributed by atoms with Gasteiger partial charge in [0.15, 0.2) is 11.5 Å². The molecule has 2 aliphatic rings. The highest BCUT2D eigenvalue weighted by atomic mass is 16.5. The van der Waals surface area contributed by atoms with E-state index in [4.69, 9.17) is 24.0 Å². The fourth-order valence-electron chi connectivity index (χ4n) is 5.07. The van der Waals surface area contributed by atoms with Crippen molar-refractivity contribution in [1.29, 1.82) is 0 Å². The van der Waals surface area contributed by atoms with Crippen molar-refractivity contribution in [2.24, 2.45) is 5.10 Å². The third-order valence-corrected chi connectivity index (χ3v) is 7.10. The van der Waals surface area contributed by atoms with Crippen molar-refractivity contribution < 1.29 is 18.9 Å². The predicted octanol–water partition coefficient (Wildman–Crippen LogP) is 7.30. The first kappa shape index (κ1) is 25.0. The maximum absolute atomic E-state index is 6.51. The van der Waals surface area contributed by atoms with Crippen molar-refractivity contribution in [3.05, 3.63) is 83.4 Å². The van der Waals surface area contributed by atoms with Gasteiger partial charge >= 0.3 is 0 Å². The maximum atomic E-state index is 6.51. The molecule has 6 nitrogen and oxygen atoms in total. The number of hydrogen-bond acceptors (Lipinski definition) is 6. The molecule has 37 heavy (non-hydrogen) atoms. The first-order valence-corrected chi connectivity index (χ1v) is 13.3. The van der Waals surface area contributed by atoms with Gasteiger partial charge < -0.3 is 18.9 Å². The van der Waals surface area contributed by atoms with Crippen LogP contribution < -0.4 is 18.9 Å². The fraction of sp³-hybridized carbons (Fsp3) is 0.387. The van der Waals surface area contributed by atoms with Gasteiger partial charge in [-0.15, -0.1) is 0 Å². The lowest BCUT2D eigenvalue weighted by atomic mass is 9.96. The van der Waals surface area contributed by atoms with E-state index in [-0.39, 0.29) is 12.3 Å². The predicted molar refractivity (Wildman–Crippen MR) is 146 cm³/mol. The molecule has 2 atom stereocenters. The monoisotopic (exact) mass is 500 g/mol. The molecule has 0 unspecified atom stereocenters. The molecular weight excluding hydrogens is 464 g/mol. The van der Waals surface area contributed by atoms with Crippen molar-refractivity contribution >= 4 is 5.71 Å². The second-order valence-corrected chi connectivity index (χ2v) is 9.56. The van der Waals surface area contributed by atoms with E-state index in [1.54, 1.807) is 14.2 Å². The van der Waals surface area contributed by atoms with E-state index in [1.165, 1.54) is 25.7 Å². The zero-order valence-electron chi connectivity index (χ0n) is 22.0. The van der Waals surface area contributed by atoms with E-state index in [0.29, 0.717) is 11.5 Å². The molecule has 0 radical (unpaired) electrons. The Morgan fingerprint density at radius 3 is 2.46 bits per heavy atom. The molecule has 5 rings (SSSR count). The lowest BCUT2D eigenvalue weighted by molar-refractivity contribution is -0.0190. The second kappa shape index (κ2) is 11.6. The van der Waals surface area contributed by atoms with Crippen LogP contribution in [0.15, 0.2) is 71.8 Å². The first-order chi connectivity index (χ1) is 18.2. The molecule has 0 fully saturated rings. The summed E-state index contributed by atoms with van der Waals surface area (Å²) in [5.74, 6) is 3.20. The van der Waals surface area contributed by atoms with E-state index >= 15 is 0 Å². The van der Waals surface area contributed by atoms with Crippen LogP contribution in [0.3, 0.4) is 0 Å². The number of nitrogens with zero attached hydrogens (tertiary/aromatic N) is 2. The first-order valence-electron chi connectivity index (χ1n) is 13.3. The van der Waals surface area contributed by atoms with Gasteiger partial charge in [0.2, 0.25) is 6.23 Å². The van der Waals surface area contributed by atoms with Gasteiger partial charge in [-0.3, -0.25) is 0 Å². The van der Waals surface area contributed by atoms with Crippen LogP contribution in [0, 0.1) is 0 Å². The summed E-state index contributed by atoms with van der Waals surface area (Å²) in [4.78, 5) is 0. The summed E-state index contributed by atoms with van der Waals surface area (Å²) in [6, 6.07) is 22.6. The van der Waals surface area contributed by atoms with Crippen LogP contribution in [0.5, 0.6) is 23.0 Å². The molecule has 194 valence electrons. The van der Waals surface area contributed by atoms with Gasteiger partial charge in [-0.1, -0.05) is 50.8 Å². The molecule has 0 amide bonds. The Morgan fingerprint density at radius 1 is 0.892 bits per heavy atom. The minimum Gasteiger partial charge on any atom is -0.494 e. The number of para-hydroxylation sites is 1. The summed E-state index contributed by atoms with van der Waals surface area (Å²) < 4.78 is 23.4. The Kier molecular flexibility index (Phi) is 7.83. The molecule has 0 saturated carbocycles. The van der Waals surface area contributed by atoms with Gasteiger partial charge in [-0.25, -0.2) is 5.01 Å². The summed E-state index contributed by atoms with van der Waals surface area (Å²) in [6.07, 6.45) is 6.61. The average molecular weight is 501 g/mol. The molecule has 0 aromatic heterocycles. The van der Waals surface area contributed by atoms with Crippen molar-refractivity contribution in [3.63, 3.8) is 0 Å². The van der Waals surface area contributed by atoms with Crippen molar-refractivity contribution in [3.8, 4) is 23.0 Å². The van der Waals surface area contributed by atoms with Crippen molar-refractivity contribution in [2.75, 3.05) is 20.8 Å². The molecule has 2 heterocycles. The van der Waals surface area contributed by atoms with E-state index < -0.39 is 0 Å². The number of hydrazone groups is 1. The van der Waals surface area contributed by atoms with Crippen LogP contribution in [-0.2, 0) is 0 Å². The smallest absolute Gasteiger partial charge is 0.213 e. The molecule has 3 aromatic carbocycles. The zero-order valence-corrected chi connectivity index (χ0v) is 22.0. The fourth-order valence-corrected chi connectivity index (χ4v) is 5.07. The highest BCUT2D eigenvalue weighted by molar-refractivity contribution is 6.02. The van der Waals surface area contributed by atoms with Crippen LogP contribution in [0.25, 0.3) is 0 Å². The van der Waals surface area contributed by atoms with Crippen LogP contribution in [0.4, 0.5) is 0 Å². The van der Waals surface area contributed by atoms with E-state index in [1.807, 2.05) is 42.5 Å². The summed E-state index contributed by atoms with van der Waals surface area (Å²) in [7, 11) is 3.30. The highest BCUT2D eigenvalue weighted by Gasteiger charge is 2.41. The maximum Gasteiger partial charge on any atom is 0.213 e. The zero-order chi connectivity index (χ0) is 25.6. The van der Waals surface area contributed by atoms with E-state index in [2.05, 4.69) is 36.2 Å². The molecule has 2 aliphatic heterocycles. The molecule has 6 heteroatoms. The van der Waals surface area contributed by atoms with E-state index in [0.717, 1.165) is 53.3 Å². The Morgan fingerprint density at radius 2 is 1.68 bits per heavy atom. The third kappa shape index (κ3) is 5.38. The minimum absolute atomic E-state index is 0.0945. The number of hydrogen-bond donors (Lipinski definition) is 0. The Balaban J connectivity index is 1.36. The molecule has 0 saturated heterocycles. The van der Waals surface area contributed by atoms with Gasteiger partial charge in [-0.05, 0) is 55.0 Å². The van der Waals surface area contributed by atoms with Crippen molar-refractivity contribution in [2.45, 2.75) is 57.7 Å². The minimum atomic E-state index is -0.319. The Hall–Kier alpha value is -3.67. The lowest BCUT2D eigenvalue weighted by Gasteiger charge is -2.38. The number of rotatable bonds is 11. The van der Waals surface area contributed by atoms with Gasteiger partial charge in [0, 0.05) is 23.1 Å². The lowest BCUT2D eigenvalue weighted by Crippen LogP contribution is -2.33. The van der Waals surface area contributed by atoms with Gasteiger partial charge in [0.1, 0.15) is 11.5 Å². The van der Waals surface area contributed by atoms with Gasteiger partial charge in [-0.2, -0.15) is 5.10 Å². The SMILES string of the molecule is CCCCCCCOc1ccc([C@@H]2Oc3ccccc3[C@@H]3CC(c4ccc(OC)c(OC)c4)=NN32)cc1. The second-order valence-electron chi connectivity index (χ2n) is 9.56. The van der Waals surface area contributed by atoms with E-state index in [9.17, 15) is 0 Å². The highest BCUT2D eigenvalue weighted by Crippen LogP contribution is 2.47. The largest absolute Gasteiger partial charge is 0.494 e. The topological polar surface area (TPSA) is 52.5 Å². The number of methoxy groups -OCH3 is 2. The van der Waals surface area contributed by atoms with Crippen LogP contribution in [0.2, 0.25) is 0 Å². The standard InChI is InChI=1S/C31H36N2O4/c1-4-5-6-7-10-19-36-24-16-13-22(14-17-24)31-33-27(25-11-8-9-12-28(25)37-31)21-26(32-33)23-15-18-29(34-2)30(20-23)35-3/h8-9,11-18,20,27,31H,4-7,10,19,21H2,1-3H3/t27-,31-/m0/s1. The molecule has 0 aliphatic carbocycles. The van der Waals surface area contributed by atoms with Gasteiger partial charge in [0.25, 0.3) is 0 Å². The third-order valence-electron chi connectivity index (χ3n) is 7.10. The molecule has 0 N–H and O–H groups in total. The average Bonchev–Trinajstić information content (AvgIpc) is 3.40. The molecule has 3 aromatic rings. The summed E-state index contributed by atoms with van der Waals surface area (Å²) >= 11 is 0. The molecule has 0 spiro atoms. The quantitative estimate of drug-likeness (QED) is 0.259. The van der Waals surface area contributed by atoms with Crippen LogP contribution >= 0.6 is 0 Å². The van der Waals surface area contributed by atoms with Gasteiger partial charge in [0.05, 0.1) is 32.6 Å². The Labute approximate surface area is 219 Å². The van der Waals surface area contributed by atoms with Crippen molar-refractivity contribution in [1.82, 2.24) is 5.01 Å². The number of ether oxygens (including phenoxy) is 4. The number of fused-ring (bicyclic) bond motifs is 3.